The number of aromatic carboxylic acids is 1. The van der Waals surface area contributed by atoms with Crippen molar-refractivity contribution < 1.29 is 14.8 Å². The standard InChI is InChI=1S/C11H9ClN4O4/c1-5-13-6(2)15(14-5)10-8(11(17)18)3-7(16(19)20)4-9(10)12/h3-4H,1-2H3,(H,17,18). The second-order valence-electron chi connectivity index (χ2n) is 4.00. The van der Waals surface area contributed by atoms with E-state index in [1.807, 2.05) is 0 Å². The van der Waals surface area contributed by atoms with Gasteiger partial charge in [0.25, 0.3) is 5.69 Å². The summed E-state index contributed by atoms with van der Waals surface area (Å²) >= 11 is 5.98. The molecule has 2 rings (SSSR count). The highest BCUT2D eigenvalue weighted by atomic mass is 35.5. The van der Waals surface area contributed by atoms with Crippen LogP contribution in [-0.2, 0) is 0 Å². The van der Waals surface area contributed by atoms with Crippen molar-refractivity contribution in [2.24, 2.45) is 0 Å². The predicted octanol–water partition coefficient (Wildman–Crippen LogP) is 2.14. The van der Waals surface area contributed by atoms with Crippen LogP contribution in [0, 0.1) is 24.0 Å². The van der Waals surface area contributed by atoms with Crippen molar-refractivity contribution in [3.8, 4) is 5.69 Å². The minimum absolute atomic E-state index is 0.0582. The molecule has 0 fully saturated rings. The summed E-state index contributed by atoms with van der Waals surface area (Å²) in [6.07, 6.45) is 0. The van der Waals surface area contributed by atoms with Crippen LogP contribution in [0.25, 0.3) is 5.69 Å². The molecule has 104 valence electrons. The van der Waals surface area contributed by atoms with E-state index < -0.39 is 16.6 Å². The fourth-order valence-corrected chi connectivity index (χ4v) is 2.09. The Morgan fingerprint density at radius 3 is 2.55 bits per heavy atom. The molecular formula is C11H9ClN4O4. The second-order valence-corrected chi connectivity index (χ2v) is 4.41. The van der Waals surface area contributed by atoms with Gasteiger partial charge in [0, 0.05) is 12.1 Å². The van der Waals surface area contributed by atoms with Gasteiger partial charge >= 0.3 is 5.97 Å². The molecule has 0 aliphatic carbocycles. The molecule has 1 heterocycles. The van der Waals surface area contributed by atoms with Crippen LogP contribution in [0.1, 0.15) is 22.0 Å². The molecule has 0 unspecified atom stereocenters. The van der Waals surface area contributed by atoms with Crippen molar-refractivity contribution in [3.63, 3.8) is 0 Å². The Hall–Kier alpha value is -2.48. The van der Waals surface area contributed by atoms with Crippen molar-refractivity contribution in [2.45, 2.75) is 13.8 Å². The Morgan fingerprint density at radius 1 is 1.45 bits per heavy atom. The van der Waals surface area contributed by atoms with Gasteiger partial charge < -0.3 is 5.11 Å². The molecule has 0 spiro atoms. The summed E-state index contributed by atoms with van der Waals surface area (Å²) in [6.45, 7) is 3.27. The highest BCUT2D eigenvalue weighted by Gasteiger charge is 2.23. The van der Waals surface area contributed by atoms with Crippen molar-refractivity contribution >= 4 is 23.3 Å². The van der Waals surface area contributed by atoms with Crippen LogP contribution in [0.15, 0.2) is 12.1 Å². The molecule has 0 saturated carbocycles. The highest BCUT2D eigenvalue weighted by molar-refractivity contribution is 6.33. The van der Waals surface area contributed by atoms with E-state index in [-0.39, 0.29) is 16.3 Å². The van der Waals surface area contributed by atoms with Crippen LogP contribution in [0.3, 0.4) is 0 Å². The number of non-ortho nitro benzene ring substituents is 1. The maximum atomic E-state index is 11.3. The van der Waals surface area contributed by atoms with Crippen LogP contribution in [0.2, 0.25) is 5.02 Å². The third-order valence-corrected chi connectivity index (χ3v) is 2.86. The number of nitrogens with zero attached hydrogens (tertiary/aromatic N) is 4. The minimum atomic E-state index is -1.34. The van der Waals surface area contributed by atoms with E-state index in [0.717, 1.165) is 12.1 Å². The van der Waals surface area contributed by atoms with Gasteiger partial charge in [0.15, 0.2) is 0 Å². The molecule has 0 radical (unpaired) electrons. The number of nitro groups is 1. The number of nitro benzene ring substituents is 1. The number of aromatic nitrogens is 3. The van der Waals surface area contributed by atoms with Gasteiger partial charge in [0.2, 0.25) is 0 Å². The predicted molar refractivity (Wildman–Crippen MR) is 69.5 cm³/mol. The van der Waals surface area contributed by atoms with Crippen molar-refractivity contribution in [2.75, 3.05) is 0 Å². The Labute approximate surface area is 117 Å². The third-order valence-electron chi connectivity index (χ3n) is 2.58. The zero-order valence-electron chi connectivity index (χ0n) is 10.5. The average Bonchev–Trinajstić information content (AvgIpc) is 2.66. The van der Waals surface area contributed by atoms with Gasteiger partial charge in [-0.3, -0.25) is 10.1 Å². The number of carboxylic acid groups (broad SMARTS) is 1. The van der Waals surface area contributed by atoms with Crippen LogP contribution in [-0.4, -0.2) is 30.8 Å². The number of carboxylic acids is 1. The quantitative estimate of drug-likeness (QED) is 0.686. The highest BCUT2D eigenvalue weighted by Crippen LogP contribution is 2.30. The number of hydrogen-bond donors (Lipinski definition) is 1. The number of hydrogen-bond acceptors (Lipinski definition) is 5. The molecule has 20 heavy (non-hydrogen) atoms. The summed E-state index contributed by atoms with van der Waals surface area (Å²) in [5.41, 5.74) is -0.647. The lowest BCUT2D eigenvalue weighted by Gasteiger charge is -2.09. The van der Waals surface area contributed by atoms with E-state index in [1.54, 1.807) is 13.8 Å². The third kappa shape index (κ3) is 2.32. The summed E-state index contributed by atoms with van der Waals surface area (Å²) in [4.78, 5) is 25.4. The van der Waals surface area contributed by atoms with Gasteiger partial charge in [-0.2, -0.15) is 5.10 Å². The summed E-state index contributed by atoms with van der Waals surface area (Å²) in [5.74, 6) is -0.466. The first-order valence-corrected chi connectivity index (χ1v) is 5.81. The van der Waals surface area contributed by atoms with E-state index in [0.29, 0.717) is 11.6 Å². The van der Waals surface area contributed by atoms with E-state index in [9.17, 15) is 20.0 Å². The lowest BCUT2D eigenvalue weighted by atomic mass is 10.1. The molecule has 0 aliphatic heterocycles. The Kier molecular flexibility index (Phi) is 3.41. The zero-order chi connectivity index (χ0) is 15.0. The summed E-state index contributed by atoms with van der Waals surface area (Å²) < 4.78 is 1.25. The number of halogens is 1. The fraction of sp³-hybridized carbons (Fsp3) is 0.182. The van der Waals surface area contributed by atoms with Crippen LogP contribution in [0.4, 0.5) is 5.69 Å². The molecule has 0 amide bonds. The van der Waals surface area contributed by atoms with Crippen molar-refractivity contribution in [1.82, 2.24) is 14.8 Å². The van der Waals surface area contributed by atoms with Gasteiger partial charge in [-0.15, -0.1) is 0 Å². The Balaban J connectivity index is 2.78. The molecule has 0 bridgehead atoms. The van der Waals surface area contributed by atoms with E-state index in [2.05, 4.69) is 10.1 Å². The Bertz CT molecular complexity index is 725. The molecule has 0 aliphatic rings. The molecule has 1 N–H and O–H groups in total. The maximum Gasteiger partial charge on any atom is 0.338 e. The van der Waals surface area contributed by atoms with Crippen LogP contribution in [0.5, 0.6) is 0 Å². The van der Waals surface area contributed by atoms with E-state index in [1.165, 1.54) is 4.68 Å². The Morgan fingerprint density at radius 2 is 2.10 bits per heavy atom. The SMILES string of the molecule is Cc1nc(C)n(-c2c(Cl)cc([N+](=O)[O-])cc2C(=O)O)n1. The lowest BCUT2D eigenvalue weighted by molar-refractivity contribution is -0.384. The average molecular weight is 297 g/mol. The minimum Gasteiger partial charge on any atom is -0.478 e. The first-order valence-electron chi connectivity index (χ1n) is 5.43. The molecular weight excluding hydrogens is 288 g/mol. The first kappa shape index (κ1) is 13.9. The molecule has 9 heteroatoms. The van der Waals surface area contributed by atoms with Crippen LogP contribution < -0.4 is 0 Å². The number of carbonyl (C=O) groups is 1. The van der Waals surface area contributed by atoms with Crippen LogP contribution >= 0.6 is 11.6 Å². The van der Waals surface area contributed by atoms with Crippen molar-refractivity contribution in [3.05, 3.63) is 44.5 Å². The molecule has 8 nitrogen and oxygen atoms in total. The first-order chi connectivity index (χ1) is 9.31. The smallest absolute Gasteiger partial charge is 0.338 e. The topological polar surface area (TPSA) is 111 Å². The van der Waals surface area contributed by atoms with E-state index in [4.69, 9.17) is 11.6 Å². The summed E-state index contributed by atoms with van der Waals surface area (Å²) in [7, 11) is 0. The summed E-state index contributed by atoms with van der Waals surface area (Å²) in [6, 6.07) is 2.03. The van der Waals surface area contributed by atoms with E-state index >= 15 is 0 Å². The lowest BCUT2D eigenvalue weighted by Crippen LogP contribution is -2.10. The fourth-order valence-electron chi connectivity index (χ4n) is 1.80. The van der Waals surface area contributed by atoms with Crippen molar-refractivity contribution in [1.29, 1.82) is 0 Å². The molecule has 0 atom stereocenters. The molecule has 2 aromatic rings. The largest absolute Gasteiger partial charge is 0.478 e. The second kappa shape index (κ2) is 4.89. The van der Waals surface area contributed by atoms with Gasteiger partial charge in [0.1, 0.15) is 17.3 Å². The number of rotatable bonds is 3. The monoisotopic (exact) mass is 296 g/mol. The number of aryl methyl sites for hydroxylation is 2. The van der Waals surface area contributed by atoms with Gasteiger partial charge in [0.05, 0.1) is 15.5 Å². The normalized spacial score (nSPS) is 10.6. The maximum absolute atomic E-state index is 11.3. The molecule has 1 aromatic heterocycles. The van der Waals surface area contributed by atoms with Gasteiger partial charge in [-0.25, -0.2) is 14.5 Å². The molecule has 0 saturated heterocycles. The van der Waals surface area contributed by atoms with Gasteiger partial charge in [-0.05, 0) is 13.8 Å². The molecule has 1 aromatic carbocycles. The summed E-state index contributed by atoms with van der Waals surface area (Å²) in [5, 5.41) is 23.9. The zero-order valence-corrected chi connectivity index (χ0v) is 11.2. The van der Waals surface area contributed by atoms with Gasteiger partial charge in [-0.1, -0.05) is 11.6 Å². The number of benzene rings is 1.